The summed E-state index contributed by atoms with van der Waals surface area (Å²) in [7, 11) is 1.66. The fraction of sp³-hybridized carbons (Fsp3) is 0.600. The molecule has 1 aromatic carbocycles. The Morgan fingerprint density at radius 3 is 2.56 bits per heavy atom. The first-order valence-electron chi connectivity index (χ1n) is 9.83. The van der Waals surface area contributed by atoms with Crippen molar-refractivity contribution in [2.45, 2.75) is 18.2 Å². The molecule has 1 N–H and O–H groups in total. The molecule has 146 valence electrons. The van der Waals surface area contributed by atoms with Gasteiger partial charge in [-0.1, -0.05) is 12.1 Å². The number of nitrogens with one attached hydrogen (secondary N) is 1. The van der Waals surface area contributed by atoms with Gasteiger partial charge in [0, 0.05) is 5.92 Å². The molecule has 0 bridgehead atoms. The average molecular weight is 391 g/mol. The highest BCUT2D eigenvalue weighted by molar-refractivity contribution is 8.00. The molecule has 27 heavy (non-hydrogen) atoms. The number of amides is 2. The second kappa shape index (κ2) is 8.10. The van der Waals surface area contributed by atoms with Crippen LogP contribution < -0.4 is 9.64 Å². The number of ether oxygens (including phenoxy) is 1. The summed E-state index contributed by atoms with van der Waals surface area (Å²) in [5.74, 6) is 2.29. The number of quaternary nitrogens is 1. The Morgan fingerprint density at radius 1 is 1.22 bits per heavy atom. The van der Waals surface area contributed by atoms with Gasteiger partial charge in [-0.05, 0) is 30.5 Å². The van der Waals surface area contributed by atoms with E-state index < -0.39 is 0 Å². The van der Waals surface area contributed by atoms with Crippen LogP contribution in [0, 0.1) is 5.92 Å². The Balaban J connectivity index is 1.29. The zero-order chi connectivity index (χ0) is 18.8. The van der Waals surface area contributed by atoms with Gasteiger partial charge >= 0.3 is 0 Å². The quantitative estimate of drug-likeness (QED) is 0.764. The van der Waals surface area contributed by atoms with Crippen molar-refractivity contribution in [2.75, 3.05) is 52.1 Å². The van der Waals surface area contributed by atoms with E-state index in [2.05, 4.69) is 12.1 Å². The third kappa shape index (κ3) is 4.24. The molecule has 0 spiro atoms. The zero-order valence-corrected chi connectivity index (χ0v) is 16.7. The summed E-state index contributed by atoms with van der Waals surface area (Å²) < 4.78 is 5.23. The molecule has 2 saturated heterocycles. The number of methoxy groups -OCH3 is 1. The van der Waals surface area contributed by atoms with Crippen LogP contribution in [0.5, 0.6) is 5.75 Å². The van der Waals surface area contributed by atoms with E-state index in [1.54, 1.807) is 18.9 Å². The fourth-order valence-corrected chi connectivity index (χ4v) is 5.12. The van der Waals surface area contributed by atoms with Crippen molar-refractivity contribution in [1.82, 2.24) is 9.80 Å². The van der Waals surface area contributed by atoms with Crippen molar-refractivity contribution < 1.29 is 19.2 Å². The lowest BCUT2D eigenvalue weighted by Crippen LogP contribution is -3.15. The van der Waals surface area contributed by atoms with Crippen molar-refractivity contribution in [2.24, 2.45) is 5.92 Å². The van der Waals surface area contributed by atoms with Crippen LogP contribution >= 0.6 is 11.8 Å². The maximum absolute atomic E-state index is 12.4. The van der Waals surface area contributed by atoms with E-state index in [4.69, 9.17) is 4.74 Å². The molecular formula is C20H28N3O3S+. The molecule has 3 fully saturated rings. The lowest BCUT2D eigenvalue weighted by atomic mass is 10.2. The van der Waals surface area contributed by atoms with Crippen molar-refractivity contribution in [3.8, 4) is 5.75 Å². The van der Waals surface area contributed by atoms with Crippen molar-refractivity contribution in [1.29, 1.82) is 0 Å². The van der Waals surface area contributed by atoms with Gasteiger partial charge in [-0.25, -0.2) is 0 Å². The van der Waals surface area contributed by atoms with Crippen LogP contribution in [0.2, 0.25) is 0 Å². The molecule has 2 amide bonds. The molecule has 0 unspecified atom stereocenters. The van der Waals surface area contributed by atoms with E-state index >= 15 is 0 Å². The fourth-order valence-electron chi connectivity index (χ4n) is 3.90. The normalized spacial score (nSPS) is 23.7. The summed E-state index contributed by atoms with van der Waals surface area (Å²) in [6.07, 6.45) is 2.15. The highest BCUT2D eigenvalue weighted by Crippen LogP contribution is 2.38. The van der Waals surface area contributed by atoms with Gasteiger partial charge in [0.15, 0.2) is 0 Å². The minimum absolute atomic E-state index is 0.0977. The summed E-state index contributed by atoms with van der Waals surface area (Å²) >= 11 is 1.70. The molecular weight excluding hydrogens is 362 g/mol. The summed E-state index contributed by atoms with van der Waals surface area (Å²) in [5, 5.41) is 0.0977. The van der Waals surface area contributed by atoms with Crippen LogP contribution in [0.15, 0.2) is 24.3 Å². The van der Waals surface area contributed by atoms with Crippen LogP contribution in [-0.4, -0.2) is 73.7 Å². The average Bonchev–Trinajstić information content (AvgIpc) is 3.50. The summed E-state index contributed by atoms with van der Waals surface area (Å²) in [5.41, 5.74) is 1.15. The number of carbonyl (C=O) groups excluding carboxylic acids is 2. The highest BCUT2D eigenvalue weighted by Gasteiger charge is 2.36. The molecule has 0 aromatic heterocycles. The number of carbonyl (C=O) groups is 2. The monoisotopic (exact) mass is 390 g/mol. The van der Waals surface area contributed by atoms with Gasteiger partial charge in [-0.2, -0.15) is 0 Å². The second-order valence-corrected chi connectivity index (χ2v) is 8.69. The number of thioether (sulfide) groups is 1. The minimum atomic E-state index is 0.0977. The van der Waals surface area contributed by atoms with Gasteiger partial charge in [0.05, 0.1) is 52.1 Å². The van der Waals surface area contributed by atoms with Crippen LogP contribution in [0.1, 0.15) is 23.8 Å². The van der Waals surface area contributed by atoms with Crippen LogP contribution in [0.25, 0.3) is 0 Å². The summed E-state index contributed by atoms with van der Waals surface area (Å²) in [4.78, 5) is 30.1. The summed E-state index contributed by atoms with van der Waals surface area (Å²) in [6.45, 7) is 5.41. The Hall–Kier alpha value is -1.73. The second-order valence-electron chi connectivity index (χ2n) is 7.62. The van der Waals surface area contributed by atoms with E-state index in [0.29, 0.717) is 17.6 Å². The maximum atomic E-state index is 12.4. The molecule has 1 aliphatic carbocycles. The topological polar surface area (TPSA) is 54.3 Å². The molecule has 2 aliphatic heterocycles. The first kappa shape index (κ1) is 18.6. The van der Waals surface area contributed by atoms with Gasteiger partial charge in [0.25, 0.3) is 0 Å². The standard InChI is InChI=1S/C20H27N3O3S/c1-26-17-6-4-16(5-7-17)20-23(18(24)14-27-20)13-10-21-8-11-22(12-9-21)19(25)15-2-3-15/h4-7,15,20H,2-3,8-14H2,1H3/p+1/t20-/m1/s1. The third-order valence-electron chi connectivity index (χ3n) is 5.78. The van der Waals surface area contributed by atoms with Crippen LogP contribution in [0.3, 0.4) is 0 Å². The first-order chi connectivity index (χ1) is 13.2. The van der Waals surface area contributed by atoms with E-state index in [0.717, 1.165) is 63.4 Å². The Morgan fingerprint density at radius 2 is 1.93 bits per heavy atom. The lowest BCUT2D eigenvalue weighted by Gasteiger charge is -2.33. The third-order valence-corrected chi connectivity index (χ3v) is 7.04. The number of rotatable bonds is 6. The van der Waals surface area contributed by atoms with E-state index in [1.165, 1.54) is 4.90 Å². The van der Waals surface area contributed by atoms with E-state index in [-0.39, 0.29) is 11.3 Å². The van der Waals surface area contributed by atoms with E-state index in [1.807, 2.05) is 21.9 Å². The van der Waals surface area contributed by atoms with Crippen LogP contribution in [-0.2, 0) is 9.59 Å². The van der Waals surface area contributed by atoms with Gasteiger partial charge < -0.3 is 19.4 Å². The molecule has 6 nitrogen and oxygen atoms in total. The minimum Gasteiger partial charge on any atom is -0.497 e. The van der Waals surface area contributed by atoms with Gasteiger partial charge in [0.2, 0.25) is 11.8 Å². The number of piperazine rings is 1. The molecule has 4 rings (SSSR count). The smallest absolute Gasteiger partial charge is 0.234 e. The molecule has 1 aromatic rings. The van der Waals surface area contributed by atoms with Crippen molar-refractivity contribution in [3.63, 3.8) is 0 Å². The molecule has 2 heterocycles. The number of nitrogens with zero attached hydrogens (tertiary/aromatic N) is 2. The zero-order valence-electron chi connectivity index (χ0n) is 15.9. The number of hydrogen-bond acceptors (Lipinski definition) is 4. The summed E-state index contributed by atoms with van der Waals surface area (Å²) in [6, 6.07) is 8.02. The SMILES string of the molecule is COc1ccc([C@H]2SCC(=O)N2CC[NH+]2CCN(C(=O)C3CC3)CC2)cc1. The maximum Gasteiger partial charge on any atom is 0.234 e. The Kier molecular flexibility index (Phi) is 5.59. The van der Waals surface area contributed by atoms with E-state index in [9.17, 15) is 9.59 Å². The Bertz CT molecular complexity index is 684. The van der Waals surface area contributed by atoms with Gasteiger partial charge in [0.1, 0.15) is 11.1 Å². The predicted molar refractivity (Wildman–Crippen MR) is 105 cm³/mol. The largest absolute Gasteiger partial charge is 0.497 e. The predicted octanol–water partition coefficient (Wildman–Crippen LogP) is 0.406. The number of benzene rings is 1. The van der Waals surface area contributed by atoms with Gasteiger partial charge in [-0.15, -0.1) is 11.8 Å². The first-order valence-corrected chi connectivity index (χ1v) is 10.9. The van der Waals surface area contributed by atoms with Gasteiger partial charge in [-0.3, -0.25) is 9.59 Å². The van der Waals surface area contributed by atoms with Crippen molar-refractivity contribution in [3.05, 3.63) is 29.8 Å². The Labute approximate surface area is 164 Å². The van der Waals surface area contributed by atoms with Crippen LogP contribution in [0.4, 0.5) is 0 Å². The lowest BCUT2D eigenvalue weighted by molar-refractivity contribution is -0.903. The molecule has 3 aliphatic rings. The molecule has 7 heteroatoms. The molecule has 1 atom stereocenters. The van der Waals surface area contributed by atoms with Crippen molar-refractivity contribution >= 4 is 23.6 Å². The molecule has 1 saturated carbocycles. The molecule has 0 radical (unpaired) electrons. The number of hydrogen-bond donors (Lipinski definition) is 1. The highest BCUT2D eigenvalue weighted by atomic mass is 32.2.